The highest BCUT2D eigenvalue weighted by molar-refractivity contribution is 6.09. The molecule has 4 rings (SSSR count). The van der Waals surface area contributed by atoms with Gasteiger partial charge >= 0.3 is 0 Å². The number of benzene rings is 2. The van der Waals surface area contributed by atoms with Gasteiger partial charge in [0.05, 0.1) is 0 Å². The molecule has 1 atom stereocenters. The van der Waals surface area contributed by atoms with Gasteiger partial charge in [-0.15, -0.1) is 0 Å². The zero-order chi connectivity index (χ0) is 20.6. The smallest absolute Gasteiger partial charge is 0.266 e. The first-order valence-electron chi connectivity index (χ1n) is 8.96. The first-order chi connectivity index (χ1) is 14.0. The molecule has 1 unspecified atom stereocenters. The van der Waals surface area contributed by atoms with Crippen molar-refractivity contribution in [1.29, 1.82) is 0 Å². The summed E-state index contributed by atoms with van der Waals surface area (Å²) in [6.07, 6.45) is 2.84. The minimum absolute atomic E-state index is 0.0197. The average Bonchev–Trinajstić information content (AvgIpc) is 2.99. The van der Waals surface area contributed by atoms with Crippen LogP contribution in [0.3, 0.4) is 0 Å². The minimum Gasteiger partial charge on any atom is -0.369 e. The van der Waals surface area contributed by atoms with E-state index in [2.05, 4.69) is 9.98 Å². The van der Waals surface area contributed by atoms with Crippen LogP contribution < -0.4 is 5.73 Å². The third-order valence-corrected chi connectivity index (χ3v) is 5.08. The molecule has 0 saturated heterocycles. The number of aliphatic imine (C=N–C) groups is 1. The summed E-state index contributed by atoms with van der Waals surface area (Å²) in [5, 5.41) is 0. The van der Waals surface area contributed by atoms with Crippen molar-refractivity contribution in [3.05, 3.63) is 89.5 Å². The largest absolute Gasteiger partial charge is 0.369 e. The third kappa shape index (κ3) is 2.95. The van der Waals surface area contributed by atoms with Crippen LogP contribution >= 0.6 is 0 Å². The SMILES string of the molecule is CN1C(=O)C(c2cncc(CF)c2)(c2ccc(F)c(-c3ccccc3)c2)N=C1N. The normalized spacial score (nSPS) is 18.8. The highest BCUT2D eigenvalue weighted by Gasteiger charge is 2.50. The molecule has 0 radical (unpaired) electrons. The van der Waals surface area contributed by atoms with Crippen molar-refractivity contribution in [2.75, 3.05) is 7.05 Å². The second kappa shape index (κ2) is 7.09. The van der Waals surface area contributed by atoms with Crippen LogP contribution in [0.25, 0.3) is 11.1 Å². The van der Waals surface area contributed by atoms with E-state index in [1.165, 1.54) is 42.5 Å². The summed E-state index contributed by atoms with van der Waals surface area (Å²) in [4.78, 5) is 23.0. The molecule has 3 aromatic rings. The van der Waals surface area contributed by atoms with Crippen LogP contribution in [0.5, 0.6) is 0 Å². The number of alkyl halides is 1. The fourth-order valence-corrected chi connectivity index (χ4v) is 3.53. The maximum absolute atomic E-state index is 14.6. The van der Waals surface area contributed by atoms with Gasteiger partial charge in [0.25, 0.3) is 5.91 Å². The van der Waals surface area contributed by atoms with Gasteiger partial charge in [0, 0.05) is 36.1 Å². The predicted octanol–water partition coefficient (Wildman–Crippen LogP) is 3.39. The number of nitrogens with two attached hydrogens (primary N) is 1. The van der Waals surface area contributed by atoms with E-state index in [1.54, 1.807) is 30.3 Å². The molecule has 0 fully saturated rings. The fourth-order valence-electron chi connectivity index (χ4n) is 3.53. The lowest BCUT2D eigenvalue weighted by molar-refractivity contribution is -0.129. The monoisotopic (exact) mass is 392 g/mol. The molecular formula is C22H18F2N4O. The van der Waals surface area contributed by atoms with Crippen LogP contribution in [-0.4, -0.2) is 28.8 Å². The average molecular weight is 392 g/mol. The molecule has 7 heteroatoms. The van der Waals surface area contributed by atoms with Crippen molar-refractivity contribution in [3.63, 3.8) is 0 Å². The lowest BCUT2D eigenvalue weighted by Gasteiger charge is -2.26. The number of nitrogens with zero attached hydrogens (tertiary/aromatic N) is 3. The van der Waals surface area contributed by atoms with Crippen LogP contribution in [0.15, 0.2) is 72.0 Å². The fraction of sp³-hybridized carbons (Fsp3) is 0.136. The molecule has 0 saturated carbocycles. The Morgan fingerprint density at radius 3 is 2.48 bits per heavy atom. The van der Waals surface area contributed by atoms with Crippen LogP contribution in [-0.2, 0) is 17.0 Å². The van der Waals surface area contributed by atoms with E-state index in [0.29, 0.717) is 27.8 Å². The second-order valence-electron chi connectivity index (χ2n) is 6.82. The van der Waals surface area contributed by atoms with Gasteiger partial charge in [-0.1, -0.05) is 36.4 Å². The van der Waals surface area contributed by atoms with Crippen LogP contribution in [0.2, 0.25) is 0 Å². The van der Waals surface area contributed by atoms with Gasteiger partial charge in [-0.2, -0.15) is 0 Å². The Morgan fingerprint density at radius 1 is 1.07 bits per heavy atom. The van der Waals surface area contributed by atoms with Crippen LogP contribution in [0.4, 0.5) is 8.78 Å². The van der Waals surface area contributed by atoms with Crippen molar-refractivity contribution in [2.45, 2.75) is 12.2 Å². The van der Waals surface area contributed by atoms with Crippen molar-refractivity contribution in [1.82, 2.24) is 9.88 Å². The molecular weight excluding hydrogens is 374 g/mol. The second-order valence-corrected chi connectivity index (χ2v) is 6.82. The van der Waals surface area contributed by atoms with Crippen molar-refractivity contribution < 1.29 is 13.6 Å². The van der Waals surface area contributed by atoms with Crippen molar-refractivity contribution in [3.8, 4) is 11.1 Å². The Morgan fingerprint density at radius 2 is 1.83 bits per heavy atom. The third-order valence-electron chi connectivity index (χ3n) is 5.08. The lowest BCUT2D eigenvalue weighted by Crippen LogP contribution is -2.41. The number of hydrogen-bond acceptors (Lipinski definition) is 4. The molecule has 2 N–H and O–H groups in total. The number of hydrogen-bond donors (Lipinski definition) is 1. The molecule has 0 aliphatic carbocycles. The summed E-state index contributed by atoms with van der Waals surface area (Å²) in [6.45, 7) is -0.737. The van der Waals surface area contributed by atoms with Crippen LogP contribution in [0, 0.1) is 5.82 Å². The highest BCUT2D eigenvalue weighted by atomic mass is 19.1. The zero-order valence-corrected chi connectivity index (χ0v) is 15.6. The number of amides is 1. The zero-order valence-electron chi connectivity index (χ0n) is 15.6. The van der Waals surface area contributed by atoms with Gasteiger partial charge in [-0.3, -0.25) is 14.7 Å². The lowest BCUT2D eigenvalue weighted by atomic mass is 9.82. The van der Waals surface area contributed by atoms with E-state index in [4.69, 9.17) is 5.73 Å². The van der Waals surface area contributed by atoms with Crippen molar-refractivity contribution in [2.24, 2.45) is 10.7 Å². The quantitative estimate of drug-likeness (QED) is 0.740. The van der Waals surface area contributed by atoms with Gasteiger partial charge < -0.3 is 5.73 Å². The van der Waals surface area contributed by atoms with Gasteiger partial charge in [0.1, 0.15) is 12.5 Å². The standard InChI is InChI=1S/C22H18F2N4O/c1-28-20(29)22(27-21(28)25,17-9-14(11-23)12-26-13-17)16-7-8-19(24)18(10-16)15-5-3-2-4-6-15/h2-10,12-13H,11H2,1H3,(H2,25,27). The summed E-state index contributed by atoms with van der Waals surface area (Å²) < 4.78 is 27.9. The Balaban J connectivity index is 1.98. The van der Waals surface area contributed by atoms with E-state index in [1.807, 2.05) is 6.07 Å². The molecule has 0 bridgehead atoms. The first kappa shape index (κ1) is 18.7. The topological polar surface area (TPSA) is 71.6 Å². The minimum atomic E-state index is -1.56. The van der Waals surface area contributed by atoms with E-state index in [0.717, 1.165) is 0 Å². The molecule has 1 aliphatic heterocycles. The molecule has 1 aromatic heterocycles. The van der Waals surface area contributed by atoms with Crippen molar-refractivity contribution >= 4 is 11.9 Å². The van der Waals surface area contributed by atoms with Gasteiger partial charge in [-0.25, -0.2) is 13.8 Å². The number of rotatable bonds is 4. The number of guanidine groups is 1. The maximum Gasteiger partial charge on any atom is 0.266 e. The molecule has 2 aromatic carbocycles. The molecule has 146 valence electrons. The molecule has 1 aliphatic rings. The van der Waals surface area contributed by atoms with E-state index in [-0.39, 0.29) is 5.96 Å². The Bertz CT molecular complexity index is 1120. The molecule has 5 nitrogen and oxygen atoms in total. The number of halogens is 2. The summed E-state index contributed by atoms with van der Waals surface area (Å²) in [7, 11) is 1.51. The molecule has 0 spiro atoms. The predicted molar refractivity (Wildman–Crippen MR) is 106 cm³/mol. The summed E-state index contributed by atoms with van der Waals surface area (Å²) in [5.74, 6) is -0.828. The Kier molecular flexibility index (Phi) is 4.58. The van der Waals surface area contributed by atoms with E-state index >= 15 is 0 Å². The number of pyridine rings is 1. The number of carbonyl (C=O) groups is 1. The molecule has 1 amide bonds. The first-order valence-corrected chi connectivity index (χ1v) is 8.96. The highest BCUT2D eigenvalue weighted by Crippen LogP contribution is 2.41. The number of carbonyl (C=O) groups excluding carboxylic acids is 1. The summed E-state index contributed by atoms with van der Waals surface area (Å²) >= 11 is 0. The Hall–Kier alpha value is -3.61. The summed E-state index contributed by atoms with van der Waals surface area (Å²) in [6, 6.07) is 14.9. The van der Waals surface area contributed by atoms with Crippen LogP contribution in [0.1, 0.15) is 16.7 Å². The van der Waals surface area contributed by atoms with Gasteiger partial charge in [0.2, 0.25) is 0 Å². The van der Waals surface area contributed by atoms with E-state index in [9.17, 15) is 13.6 Å². The van der Waals surface area contributed by atoms with Gasteiger partial charge in [0.15, 0.2) is 11.5 Å². The number of aromatic nitrogens is 1. The maximum atomic E-state index is 14.6. The molecule has 2 heterocycles. The number of likely N-dealkylation sites (N-methyl/N-ethyl adjacent to an activating group) is 1. The van der Waals surface area contributed by atoms with E-state index < -0.39 is 23.9 Å². The molecule has 29 heavy (non-hydrogen) atoms. The van der Waals surface area contributed by atoms with Gasteiger partial charge in [-0.05, 0) is 29.3 Å². The Labute approximate surface area is 166 Å². The summed E-state index contributed by atoms with van der Waals surface area (Å²) in [5.41, 5.74) is 6.48.